The summed E-state index contributed by atoms with van der Waals surface area (Å²) in [6.45, 7) is 2.15. The first-order valence-corrected chi connectivity index (χ1v) is 5.22. The third kappa shape index (κ3) is 2.12. The molecule has 0 amide bonds. The minimum atomic E-state index is 0.677. The highest BCUT2D eigenvalue weighted by molar-refractivity contribution is 5.78. The lowest BCUT2D eigenvalue weighted by atomic mass is 10.2. The van der Waals surface area contributed by atoms with E-state index in [-0.39, 0.29) is 0 Å². The summed E-state index contributed by atoms with van der Waals surface area (Å²) >= 11 is 0. The number of methoxy groups -OCH3 is 1. The molecule has 0 aromatic heterocycles. The van der Waals surface area contributed by atoms with Crippen LogP contribution >= 0.6 is 0 Å². The molecule has 0 bridgehead atoms. The number of carbonyl (C=O) groups is 1. The minimum absolute atomic E-state index is 0.677. The van der Waals surface area contributed by atoms with Gasteiger partial charge in [0.15, 0.2) is 0 Å². The Labute approximate surface area is 89.7 Å². The molecular formula is C12H15NO2. The zero-order valence-electron chi connectivity index (χ0n) is 8.90. The number of nitrogens with zero attached hydrogens (tertiary/aromatic N) is 1. The fraction of sp³-hybridized carbons (Fsp3) is 0.417. The summed E-state index contributed by atoms with van der Waals surface area (Å²) < 4.78 is 5.17. The van der Waals surface area contributed by atoms with Crippen LogP contribution in [-0.4, -0.2) is 26.5 Å². The van der Waals surface area contributed by atoms with Crippen molar-refractivity contribution in [1.29, 1.82) is 0 Å². The largest absolute Gasteiger partial charge is 0.497 e. The first-order chi connectivity index (χ1) is 7.33. The average molecular weight is 205 g/mol. The van der Waals surface area contributed by atoms with Crippen molar-refractivity contribution in [2.45, 2.75) is 12.8 Å². The van der Waals surface area contributed by atoms with Crippen LogP contribution in [0.1, 0.15) is 23.2 Å². The lowest BCUT2D eigenvalue weighted by molar-refractivity contribution is 0.112. The van der Waals surface area contributed by atoms with Crippen LogP contribution in [0.3, 0.4) is 0 Å². The maximum Gasteiger partial charge on any atom is 0.150 e. The van der Waals surface area contributed by atoms with E-state index in [2.05, 4.69) is 4.90 Å². The Hall–Kier alpha value is -1.51. The molecule has 0 atom stereocenters. The highest BCUT2D eigenvalue weighted by Crippen LogP contribution is 2.26. The molecule has 1 fully saturated rings. The number of aldehydes is 1. The van der Waals surface area contributed by atoms with Gasteiger partial charge >= 0.3 is 0 Å². The van der Waals surface area contributed by atoms with E-state index in [0.717, 1.165) is 30.8 Å². The Morgan fingerprint density at radius 1 is 1.27 bits per heavy atom. The summed E-state index contributed by atoms with van der Waals surface area (Å²) in [4.78, 5) is 13.1. The Bertz CT molecular complexity index is 357. The van der Waals surface area contributed by atoms with Crippen LogP contribution in [-0.2, 0) is 0 Å². The normalized spacial score (nSPS) is 15.4. The van der Waals surface area contributed by atoms with E-state index in [1.165, 1.54) is 12.8 Å². The van der Waals surface area contributed by atoms with Crippen molar-refractivity contribution in [2.75, 3.05) is 25.1 Å². The van der Waals surface area contributed by atoms with Crippen LogP contribution < -0.4 is 9.64 Å². The highest BCUT2D eigenvalue weighted by Gasteiger charge is 2.13. The van der Waals surface area contributed by atoms with Crippen LogP contribution in [0.2, 0.25) is 0 Å². The number of anilines is 1. The van der Waals surface area contributed by atoms with Crippen molar-refractivity contribution in [1.82, 2.24) is 0 Å². The summed E-state index contributed by atoms with van der Waals surface area (Å²) in [5.74, 6) is 0.751. The average Bonchev–Trinajstić information content (AvgIpc) is 2.81. The molecule has 80 valence electrons. The second-order valence-corrected chi connectivity index (χ2v) is 3.78. The fourth-order valence-corrected chi connectivity index (χ4v) is 1.95. The first kappa shape index (κ1) is 10.0. The zero-order valence-corrected chi connectivity index (χ0v) is 8.90. The van der Waals surface area contributed by atoms with Crippen molar-refractivity contribution in [3.8, 4) is 5.75 Å². The van der Waals surface area contributed by atoms with Crippen molar-refractivity contribution in [2.24, 2.45) is 0 Å². The Kier molecular flexibility index (Phi) is 2.90. The fourth-order valence-electron chi connectivity index (χ4n) is 1.95. The standard InChI is InChI=1S/C12H15NO2/c1-15-12-7-10(9-14)6-11(8-12)13-4-2-3-5-13/h6-9H,2-5H2,1H3. The molecule has 0 radical (unpaired) electrons. The van der Waals surface area contributed by atoms with Crippen molar-refractivity contribution < 1.29 is 9.53 Å². The van der Waals surface area contributed by atoms with Gasteiger partial charge in [0.1, 0.15) is 12.0 Å². The van der Waals surface area contributed by atoms with E-state index in [0.29, 0.717) is 5.56 Å². The van der Waals surface area contributed by atoms with Gasteiger partial charge in [-0.2, -0.15) is 0 Å². The van der Waals surface area contributed by atoms with Crippen LogP contribution in [0.25, 0.3) is 0 Å². The number of ether oxygens (including phenoxy) is 1. The molecule has 1 aliphatic heterocycles. The smallest absolute Gasteiger partial charge is 0.150 e. The molecule has 1 aromatic rings. The second kappa shape index (κ2) is 4.34. The first-order valence-electron chi connectivity index (χ1n) is 5.22. The summed E-state index contributed by atoms with van der Waals surface area (Å²) in [7, 11) is 1.62. The molecule has 3 nitrogen and oxygen atoms in total. The lowest BCUT2D eigenvalue weighted by Crippen LogP contribution is -2.17. The number of hydrogen-bond donors (Lipinski definition) is 0. The van der Waals surface area contributed by atoms with E-state index in [1.54, 1.807) is 13.2 Å². The molecule has 1 aliphatic rings. The third-order valence-electron chi connectivity index (χ3n) is 2.76. The van der Waals surface area contributed by atoms with Gasteiger partial charge in [-0.3, -0.25) is 4.79 Å². The predicted molar refractivity (Wildman–Crippen MR) is 59.8 cm³/mol. The summed E-state index contributed by atoms with van der Waals surface area (Å²) in [5, 5.41) is 0. The molecule has 2 rings (SSSR count). The molecule has 0 unspecified atom stereocenters. The monoisotopic (exact) mass is 205 g/mol. The van der Waals surface area contributed by atoms with E-state index in [9.17, 15) is 4.79 Å². The SMILES string of the molecule is COc1cc(C=O)cc(N2CCCC2)c1. The molecule has 3 heteroatoms. The van der Waals surface area contributed by atoms with E-state index < -0.39 is 0 Å². The van der Waals surface area contributed by atoms with Gasteiger partial charge < -0.3 is 9.64 Å². The van der Waals surface area contributed by atoms with Crippen LogP contribution in [0.4, 0.5) is 5.69 Å². The molecular weight excluding hydrogens is 190 g/mol. The molecule has 0 saturated carbocycles. The third-order valence-corrected chi connectivity index (χ3v) is 2.76. The second-order valence-electron chi connectivity index (χ2n) is 3.78. The Balaban J connectivity index is 2.32. The topological polar surface area (TPSA) is 29.5 Å². The summed E-state index contributed by atoms with van der Waals surface area (Å²) in [6.07, 6.45) is 3.32. The predicted octanol–water partition coefficient (Wildman–Crippen LogP) is 2.11. The molecule has 1 aromatic carbocycles. The van der Waals surface area contributed by atoms with E-state index in [4.69, 9.17) is 4.74 Å². The van der Waals surface area contributed by atoms with E-state index in [1.807, 2.05) is 12.1 Å². The maximum absolute atomic E-state index is 10.8. The number of rotatable bonds is 3. The van der Waals surface area contributed by atoms with Crippen molar-refractivity contribution in [3.05, 3.63) is 23.8 Å². The lowest BCUT2D eigenvalue weighted by Gasteiger charge is -2.18. The summed E-state index contributed by atoms with van der Waals surface area (Å²) in [5.41, 5.74) is 1.77. The maximum atomic E-state index is 10.8. The minimum Gasteiger partial charge on any atom is -0.497 e. The van der Waals surface area contributed by atoms with Gasteiger partial charge in [0.2, 0.25) is 0 Å². The molecule has 1 heterocycles. The molecule has 1 saturated heterocycles. The van der Waals surface area contributed by atoms with Gasteiger partial charge in [0.05, 0.1) is 7.11 Å². The zero-order chi connectivity index (χ0) is 10.7. The Morgan fingerprint density at radius 2 is 2.00 bits per heavy atom. The van der Waals surface area contributed by atoms with Crippen LogP contribution in [0.5, 0.6) is 5.75 Å². The summed E-state index contributed by atoms with van der Waals surface area (Å²) in [6, 6.07) is 5.66. The van der Waals surface area contributed by atoms with Gasteiger partial charge in [-0.25, -0.2) is 0 Å². The van der Waals surface area contributed by atoms with Crippen molar-refractivity contribution >= 4 is 12.0 Å². The van der Waals surface area contributed by atoms with Crippen LogP contribution in [0.15, 0.2) is 18.2 Å². The van der Waals surface area contributed by atoms with Gasteiger partial charge in [0, 0.05) is 30.4 Å². The molecule has 0 spiro atoms. The van der Waals surface area contributed by atoms with Crippen molar-refractivity contribution in [3.63, 3.8) is 0 Å². The van der Waals surface area contributed by atoms with Gasteiger partial charge in [-0.05, 0) is 25.0 Å². The highest BCUT2D eigenvalue weighted by atomic mass is 16.5. The number of hydrogen-bond acceptors (Lipinski definition) is 3. The van der Waals surface area contributed by atoms with Crippen LogP contribution in [0, 0.1) is 0 Å². The number of carbonyl (C=O) groups excluding carboxylic acids is 1. The van der Waals surface area contributed by atoms with Gasteiger partial charge in [-0.15, -0.1) is 0 Å². The molecule has 0 N–H and O–H groups in total. The van der Waals surface area contributed by atoms with Gasteiger partial charge in [0.25, 0.3) is 0 Å². The molecule has 0 aliphatic carbocycles. The quantitative estimate of drug-likeness (QED) is 0.708. The number of benzene rings is 1. The Morgan fingerprint density at radius 3 is 2.60 bits per heavy atom. The van der Waals surface area contributed by atoms with Gasteiger partial charge in [-0.1, -0.05) is 0 Å². The molecule has 15 heavy (non-hydrogen) atoms. The van der Waals surface area contributed by atoms with E-state index >= 15 is 0 Å².